The number of hydrogen-bond acceptors (Lipinski definition) is 6. The quantitative estimate of drug-likeness (QED) is 0.340. The second-order valence-electron chi connectivity index (χ2n) is 6.52. The number of carbonyl (C=O) groups is 4. The number of amides is 5. The summed E-state index contributed by atoms with van der Waals surface area (Å²) >= 11 is 0. The third-order valence-corrected chi connectivity index (χ3v) is 5.02. The molecule has 29 heavy (non-hydrogen) atoms. The van der Waals surface area contributed by atoms with Crippen molar-refractivity contribution in [1.82, 2.24) is 9.80 Å². The highest BCUT2D eigenvalue weighted by Gasteiger charge is 2.58. The fraction of sp³-hybridized carbons (Fsp3) is 0.200. The van der Waals surface area contributed by atoms with E-state index < -0.39 is 34.1 Å². The highest BCUT2D eigenvalue weighted by molar-refractivity contribution is 6.30. The van der Waals surface area contributed by atoms with Gasteiger partial charge < -0.3 is 0 Å². The van der Waals surface area contributed by atoms with E-state index in [9.17, 15) is 29.3 Å². The number of carbonyl (C=O) groups excluding carboxylic acids is 4. The van der Waals surface area contributed by atoms with Crippen molar-refractivity contribution < 1.29 is 24.1 Å². The minimum absolute atomic E-state index is 0.0189. The number of imide groups is 4. The van der Waals surface area contributed by atoms with Gasteiger partial charge in [0.2, 0.25) is 0 Å². The Hall–Kier alpha value is -3.88. The fourth-order valence-electron chi connectivity index (χ4n) is 3.43. The van der Waals surface area contributed by atoms with Crippen LogP contribution >= 0.6 is 0 Å². The minimum Gasteiger partial charge on any atom is -0.273 e. The predicted molar refractivity (Wildman–Crippen MR) is 101 cm³/mol. The van der Waals surface area contributed by atoms with E-state index in [1.807, 2.05) is 0 Å². The summed E-state index contributed by atoms with van der Waals surface area (Å²) in [7, 11) is 1.19. The predicted octanol–water partition coefficient (Wildman–Crippen LogP) is 2.50. The number of nitro benzene ring substituents is 1. The zero-order valence-electron chi connectivity index (χ0n) is 15.7. The lowest BCUT2D eigenvalue weighted by Gasteiger charge is -2.41. The lowest BCUT2D eigenvalue weighted by atomic mass is 9.74. The number of likely N-dealkylation sites (N-methyl/N-ethyl adjacent to an activating group) is 1. The second-order valence-corrected chi connectivity index (χ2v) is 6.52. The highest BCUT2D eigenvalue weighted by atomic mass is 16.6. The van der Waals surface area contributed by atoms with Crippen LogP contribution in [0.1, 0.15) is 29.3 Å². The van der Waals surface area contributed by atoms with Gasteiger partial charge in [-0.25, -0.2) is 4.79 Å². The van der Waals surface area contributed by atoms with Crippen LogP contribution in [-0.4, -0.2) is 45.5 Å². The SMILES string of the molecule is CCC1(c2ccccc2)C(=O)N(C)C(=O)N(C(=O)c2cccc([N+](=O)[O-])c2)C1=O. The summed E-state index contributed by atoms with van der Waals surface area (Å²) in [5.41, 5.74) is -1.96. The Morgan fingerprint density at radius 3 is 2.28 bits per heavy atom. The van der Waals surface area contributed by atoms with Crippen molar-refractivity contribution in [3.63, 3.8) is 0 Å². The van der Waals surface area contributed by atoms with Gasteiger partial charge in [-0.3, -0.25) is 29.4 Å². The molecule has 2 aromatic carbocycles. The molecule has 0 aliphatic carbocycles. The number of rotatable bonds is 4. The van der Waals surface area contributed by atoms with E-state index in [2.05, 4.69) is 0 Å². The summed E-state index contributed by atoms with van der Waals surface area (Å²) in [6.45, 7) is 1.61. The van der Waals surface area contributed by atoms with Crippen LogP contribution < -0.4 is 0 Å². The van der Waals surface area contributed by atoms with Crippen LogP contribution in [0.25, 0.3) is 0 Å². The molecule has 0 spiro atoms. The average molecular weight is 395 g/mol. The largest absolute Gasteiger partial charge is 0.340 e. The van der Waals surface area contributed by atoms with Crippen molar-refractivity contribution in [3.8, 4) is 0 Å². The Labute approximate surface area is 165 Å². The minimum atomic E-state index is -1.75. The van der Waals surface area contributed by atoms with Gasteiger partial charge in [0.05, 0.1) is 4.92 Å². The summed E-state index contributed by atoms with van der Waals surface area (Å²) < 4.78 is 0. The van der Waals surface area contributed by atoms with Crippen LogP contribution in [0.4, 0.5) is 10.5 Å². The topological polar surface area (TPSA) is 118 Å². The molecule has 2 aromatic rings. The van der Waals surface area contributed by atoms with Gasteiger partial charge in [-0.15, -0.1) is 0 Å². The number of hydrogen-bond donors (Lipinski definition) is 0. The maximum absolute atomic E-state index is 13.4. The highest BCUT2D eigenvalue weighted by Crippen LogP contribution is 2.36. The Kier molecular flexibility index (Phi) is 4.98. The Morgan fingerprint density at radius 1 is 1.03 bits per heavy atom. The van der Waals surface area contributed by atoms with Gasteiger partial charge in [-0.1, -0.05) is 43.3 Å². The van der Waals surface area contributed by atoms with Crippen molar-refractivity contribution in [3.05, 3.63) is 75.8 Å². The van der Waals surface area contributed by atoms with E-state index in [1.165, 1.54) is 25.2 Å². The standard InChI is InChI=1S/C20H17N3O6/c1-3-20(14-9-5-4-6-10-14)17(25)21(2)19(27)22(18(20)26)16(24)13-8-7-11-15(12-13)23(28)29/h4-12H,3H2,1-2H3. The maximum Gasteiger partial charge on any atom is 0.340 e. The van der Waals surface area contributed by atoms with Crippen LogP contribution in [0.15, 0.2) is 54.6 Å². The lowest BCUT2D eigenvalue weighted by Crippen LogP contribution is -2.67. The molecule has 148 valence electrons. The molecule has 1 unspecified atom stereocenters. The smallest absolute Gasteiger partial charge is 0.273 e. The van der Waals surface area contributed by atoms with E-state index in [0.29, 0.717) is 10.5 Å². The summed E-state index contributed by atoms with van der Waals surface area (Å²) in [5, 5.41) is 11.0. The molecule has 3 rings (SSSR count). The number of nitrogens with zero attached hydrogens (tertiary/aromatic N) is 3. The van der Waals surface area contributed by atoms with Crippen molar-refractivity contribution in [1.29, 1.82) is 0 Å². The Morgan fingerprint density at radius 2 is 1.69 bits per heavy atom. The van der Waals surface area contributed by atoms with Crippen LogP contribution in [0.2, 0.25) is 0 Å². The first kappa shape index (κ1) is 19.9. The van der Waals surface area contributed by atoms with E-state index in [1.54, 1.807) is 37.3 Å². The van der Waals surface area contributed by atoms with Gasteiger partial charge >= 0.3 is 6.03 Å². The first-order chi connectivity index (χ1) is 13.8. The summed E-state index contributed by atoms with van der Waals surface area (Å²) in [5.74, 6) is -2.74. The molecule has 9 heteroatoms. The van der Waals surface area contributed by atoms with Gasteiger partial charge in [0, 0.05) is 24.7 Å². The zero-order valence-corrected chi connectivity index (χ0v) is 15.7. The molecule has 0 aromatic heterocycles. The lowest BCUT2D eigenvalue weighted by molar-refractivity contribution is -0.384. The molecule has 1 atom stereocenters. The Bertz CT molecular complexity index is 1040. The fourth-order valence-corrected chi connectivity index (χ4v) is 3.43. The number of barbiturate groups is 1. The summed E-state index contributed by atoms with van der Waals surface area (Å²) in [6, 6.07) is 11.8. The van der Waals surface area contributed by atoms with E-state index in [4.69, 9.17) is 0 Å². The van der Waals surface area contributed by atoms with E-state index >= 15 is 0 Å². The molecular formula is C20H17N3O6. The van der Waals surface area contributed by atoms with Crippen LogP contribution in [0.3, 0.4) is 0 Å². The van der Waals surface area contributed by atoms with E-state index in [-0.39, 0.29) is 17.7 Å². The molecule has 1 aliphatic rings. The second kappa shape index (κ2) is 7.27. The third kappa shape index (κ3) is 2.96. The number of nitro groups is 1. The molecule has 0 N–H and O–H groups in total. The molecule has 0 bridgehead atoms. The molecule has 1 fully saturated rings. The van der Waals surface area contributed by atoms with E-state index in [0.717, 1.165) is 11.0 Å². The first-order valence-electron chi connectivity index (χ1n) is 8.76. The van der Waals surface area contributed by atoms with Gasteiger partial charge in [0.1, 0.15) is 0 Å². The first-order valence-corrected chi connectivity index (χ1v) is 8.76. The van der Waals surface area contributed by atoms with Crippen LogP contribution in [0.5, 0.6) is 0 Å². The zero-order chi connectivity index (χ0) is 21.3. The summed E-state index contributed by atoms with van der Waals surface area (Å²) in [6.07, 6.45) is 0.0189. The molecule has 1 heterocycles. The van der Waals surface area contributed by atoms with Gasteiger partial charge in [-0.05, 0) is 18.1 Å². The monoisotopic (exact) mass is 395 g/mol. The molecule has 9 nitrogen and oxygen atoms in total. The summed E-state index contributed by atoms with van der Waals surface area (Å²) in [4.78, 5) is 63.5. The maximum atomic E-state index is 13.4. The van der Waals surface area contributed by atoms with Crippen molar-refractivity contribution in [2.75, 3.05) is 7.05 Å². The van der Waals surface area contributed by atoms with Gasteiger partial charge in [0.25, 0.3) is 23.4 Å². The molecule has 0 saturated carbocycles. The molecule has 5 amide bonds. The normalized spacial score (nSPS) is 19.4. The average Bonchev–Trinajstić information content (AvgIpc) is 2.74. The van der Waals surface area contributed by atoms with Gasteiger partial charge in [-0.2, -0.15) is 4.90 Å². The van der Waals surface area contributed by atoms with Gasteiger partial charge in [0.15, 0.2) is 5.41 Å². The van der Waals surface area contributed by atoms with Crippen molar-refractivity contribution >= 4 is 29.4 Å². The van der Waals surface area contributed by atoms with Crippen LogP contribution in [0, 0.1) is 10.1 Å². The van der Waals surface area contributed by atoms with Crippen LogP contribution in [-0.2, 0) is 15.0 Å². The van der Waals surface area contributed by atoms with Crippen molar-refractivity contribution in [2.45, 2.75) is 18.8 Å². The Balaban J connectivity index is 2.14. The molecule has 1 aliphatic heterocycles. The molecule has 1 saturated heterocycles. The number of benzene rings is 2. The third-order valence-electron chi connectivity index (χ3n) is 5.02. The molecule has 0 radical (unpaired) electrons. The molecular weight excluding hydrogens is 378 g/mol. The number of non-ortho nitro benzene ring substituents is 1. The van der Waals surface area contributed by atoms with Crippen molar-refractivity contribution in [2.24, 2.45) is 0 Å². The number of urea groups is 1.